The van der Waals surface area contributed by atoms with Crippen LogP contribution in [0.4, 0.5) is 5.69 Å². The third kappa shape index (κ3) is 5.10. The van der Waals surface area contributed by atoms with Crippen molar-refractivity contribution in [1.29, 1.82) is 5.26 Å². The lowest BCUT2D eigenvalue weighted by atomic mass is 9.95. The third-order valence-corrected chi connectivity index (χ3v) is 5.84. The number of nitrogens with zero attached hydrogens (tertiary/aromatic N) is 3. The fourth-order valence-corrected chi connectivity index (χ4v) is 4.31. The summed E-state index contributed by atoms with van der Waals surface area (Å²) in [6.45, 7) is 3.83. The number of ether oxygens (including phenoxy) is 1. The minimum atomic E-state index is -0.594. The monoisotopic (exact) mass is 455 g/mol. The number of amidine groups is 1. The van der Waals surface area contributed by atoms with E-state index in [9.17, 15) is 9.90 Å². The highest BCUT2D eigenvalue weighted by atomic mass is 35.5. The lowest BCUT2D eigenvalue weighted by molar-refractivity contribution is -0.138. The Kier molecular flexibility index (Phi) is 7.75. The van der Waals surface area contributed by atoms with Gasteiger partial charge in [-0.05, 0) is 49.7 Å². The Morgan fingerprint density at radius 1 is 1.32 bits per heavy atom. The van der Waals surface area contributed by atoms with Crippen LogP contribution in [-0.4, -0.2) is 35.2 Å². The van der Waals surface area contributed by atoms with E-state index >= 15 is 0 Å². The Bertz CT molecular complexity index is 1060. The van der Waals surface area contributed by atoms with Crippen LogP contribution in [0.3, 0.4) is 0 Å². The van der Waals surface area contributed by atoms with Crippen molar-refractivity contribution in [2.24, 2.45) is 4.99 Å². The number of thioether (sulfide) groups is 1. The van der Waals surface area contributed by atoms with Gasteiger partial charge in [0.05, 0.1) is 30.4 Å². The predicted molar refractivity (Wildman–Crippen MR) is 124 cm³/mol. The molecule has 1 heterocycles. The first kappa shape index (κ1) is 22.9. The molecule has 0 aromatic heterocycles. The SMILES string of the molecule is CCOC(=O)C1=C(C)N(c2cccc(Cl)c2)C(SCCO)=NC1c1ccc(C#N)cc1. The van der Waals surface area contributed by atoms with Gasteiger partial charge in [-0.25, -0.2) is 9.79 Å². The highest BCUT2D eigenvalue weighted by Gasteiger charge is 2.35. The van der Waals surface area contributed by atoms with Crippen LogP contribution in [0.15, 0.2) is 64.8 Å². The lowest BCUT2D eigenvalue weighted by Gasteiger charge is -2.34. The summed E-state index contributed by atoms with van der Waals surface area (Å²) in [5.74, 6) is -0.00536. The summed E-state index contributed by atoms with van der Waals surface area (Å²) >= 11 is 7.61. The van der Waals surface area contributed by atoms with Gasteiger partial charge in [-0.15, -0.1) is 0 Å². The maximum atomic E-state index is 13.0. The molecular formula is C23H22ClN3O3S. The summed E-state index contributed by atoms with van der Waals surface area (Å²) < 4.78 is 5.35. The fraction of sp³-hybridized carbons (Fsp3) is 0.261. The molecule has 0 amide bonds. The molecule has 3 rings (SSSR count). The molecule has 1 aliphatic heterocycles. The summed E-state index contributed by atoms with van der Waals surface area (Å²) in [4.78, 5) is 19.7. The minimum absolute atomic E-state index is 0.0118. The summed E-state index contributed by atoms with van der Waals surface area (Å²) in [5.41, 5.74) is 3.14. The van der Waals surface area contributed by atoms with Crippen LogP contribution in [0, 0.1) is 11.3 Å². The molecule has 8 heteroatoms. The molecule has 6 nitrogen and oxygen atoms in total. The Morgan fingerprint density at radius 2 is 2.06 bits per heavy atom. The molecular weight excluding hydrogens is 434 g/mol. The molecule has 1 unspecified atom stereocenters. The number of nitriles is 1. The van der Waals surface area contributed by atoms with Crippen molar-refractivity contribution >= 4 is 40.2 Å². The Hall–Kier alpha value is -2.79. The van der Waals surface area contributed by atoms with Crippen LogP contribution in [0.5, 0.6) is 0 Å². The largest absolute Gasteiger partial charge is 0.463 e. The van der Waals surface area contributed by atoms with E-state index < -0.39 is 12.0 Å². The van der Waals surface area contributed by atoms with Crippen molar-refractivity contribution in [2.45, 2.75) is 19.9 Å². The van der Waals surface area contributed by atoms with Crippen molar-refractivity contribution in [3.05, 3.63) is 76.0 Å². The molecule has 2 aromatic carbocycles. The standard InChI is InChI=1S/C23H22ClN3O3S/c1-3-30-22(29)20-15(2)27(19-6-4-5-18(24)13-19)23(31-12-11-28)26-21(20)17-9-7-16(14-25)8-10-17/h4-10,13,21,28H,3,11-12H2,1-2H3. The van der Waals surface area contributed by atoms with Gasteiger partial charge in [0.15, 0.2) is 5.17 Å². The van der Waals surface area contributed by atoms with Crippen molar-refractivity contribution in [3.63, 3.8) is 0 Å². The number of esters is 1. The first-order valence-electron chi connectivity index (χ1n) is 9.75. The zero-order valence-corrected chi connectivity index (χ0v) is 18.8. The molecule has 1 atom stereocenters. The van der Waals surface area contributed by atoms with E-state index in [1.54, 1.807) is 43.3 Å². The van der Waals surface area contributed by atoms with E-state index in [4.69, 9.17) is 26.6 Å². The lowest BCUT2D eigenvalue weighted by Crippen LogP contribution is -2.35. The molecule has 1 N–H and O–H groups in total. The number of allylic oxidation sites excluding steroid dienone is 1. The van der Waals surface area contributed by atoms with E-state index in [0.29, 0.717) is 32.8 Å². The second-order valence-corrected chi connectivity index (χ2v) is 8.15. The zero-order valence-electron chi connectivity index (χ0n) is 17.2. The van der Waals surface area contributed by atoms with E-state index in [0.717, 1.165) is 11.3 Å². The highest BCUT2D eigenvalue weighted by Crippen LogP contribution is 2.39. The number of benzene rings is 2. The van der Waals surface area contributed by atoms with Crippen LogP contribution in [0.2, 0.25) is 5.02 Å². The number of hydrogen-bond acceptors (Lipinski definition) is 7. The molecule has 0 spiro atoms. The number of aliphatic imine (C=N–C) groups is 1. The molecule has 0 fully saturated rings. The van der Waals surface area contributed by atoms with Crippen LogP contribution >= 0.6 is 23.4 Å². The first-order valence-corrected chi connectivity index (χ1v) is 11.1. The third-order valence-electron chi connectivity index (χ3n) is 4.67. The maximum absolute atomic E-state index is 13.0. The van der Waals surface area contributed by atoms with E-state index in [2.05, 4.69) is 6.07 Å². The number of halogens is 1. The van der Waals surface area contributed by atoms with Crippen LogP contribution in [-0.2, 0) is 9.53 Å². The number of carbonyl (C=O) groups excluding carboxylic acids is 1. The van der Waals surface area contributed by atoms with E-state index in [1.165, 1.54) is 11.8 Å². The molecule has 0 saturated heterocycles. The molecule has 0 aliphatic carbocycles. The average molecular weight is 456 g/mol. The molecule has 1 aliphatic rings. The van der Waals surface area contributed by atoms with Gasteiger partial charge in [0, 0.05) is 22.2 Å². The quantitative estimate of drug-likeness (QED) is 0.636. The zero-order chi connectivity index (χ0) is 22.4. The topological polar surface area (TPSA) is 85.9 Å². The number of anilines is 1. The van der Waals surface area contributed by atoms with Gasteiger partial charge in [-0.3, -0.25) is 4.90 Å². The summed E-state index contributed by atoms with van der Waals surface area (Å²) in [6, 6.07) is 15.8. The molecule has 160 valence electrons. The van der Waals surface area contributed by atoms with Crippen molar-refractivity contribution in [2.75, 3.05) is 23.9 Å². The van der Waals surface area contributed by atoms with Gasteiger partial charge in [-0.1, -0.05) is 41.6 Å². The van der Waals surface area contributed by atoms with Gasteiger partial charge in [0.25, 0.3) is 0 Å². The normalized spacial score (nSPS) is 16.0. The van der Waals surface area contributed by atoms with Crippen LogP contribution < -0.4 is 4.90 Å². The number of carbonyl (C=O) groups is 1. The molecule has 0 bridgehead atoms. The molecule has 31 heavy (non-hydrogen) atoms. The number of hydrogen-bond donors (Lipinski definition) is 1. The van der Waals surface area contributed by atoms with Crippen molar-refractivity contribution in [1.82, 2.24) is 0 Å². The fourth-order valence-electron chi connectivity index (χ4n) is 3.30. The molecule has 2 aromatic rings. The average Bonchev–Trinajstić information content (AvgIpc) is 2.77. The van der Waals surface area contributed by atoms with Gasteiger partial charge in [0.2, 0.25) is 0 Å². The number of aliphatic hydroxyl groups is 1. The minimum Gasteiger partial charge on any atom is -0.463 e. The van der Waals surface area contributed by atoms with Gasteiger partial charge < -0.3 is 9.84 Å². The van der Waals surface area contributed by atoms with Gasteiger partial charge >= 0.3 is 5.97 Å². The molecule has 0 saturated carbocycles. The Balaban J connectivity index is 2.17. The summed E-state index contributed by atoms with van der Waals surface area (Å²) in [5, 5.41) is 19.7. The second-order valence-electron chi connectivity index (χ2n) is 6.65. The molecule has 0 radical (unpaired) electrons. The maximum Gasteiger partial charge on any atom is 0.338 e. The Labute approximate surface area is 190 Å². The first-order chi connectivity index (χ1) is 15.0. The van der Waals surface area contributed by atoms with Crippen LogP contribution in [0.1, 0.15) is 31.0 Å². The summed E-state index contributed by atoms with van der Waals surface area (Å²) in [6.07, 6.45) is 0. The van der Waals surface area contributed by atoms with Crippen molar-refractivity contribution in [3.8, 4) is 6.07 Å². The van der Waals surface area contributed by atoms with Gasteiger partial charge in [0.1, 0.15) is 6.04 Å². The smallest absolute Gasteiger partial charge is 0.338 e. The predicted octanol–water partition coefficient (Wildman–Crippen LogP) is 4.69. The van der Waals surface area contributed by atoms with Gasteiger partial charge in [-0.2, -0.15) is 5.26 Å². The van der Waals surface area contributed by atoms with E-state index in [1.807, 2.05) is 24.0 Å². The van der Waals surface area contributed by atoms with E-state index in [-0.39, 0.29) is 13.2 Å². The summed E-state index contributed by atoms with van der Waals surface area (Å²) in [7, 11) is 0. The number of aliphatic hydroxyl groups excluding tert-OH is 1. The Morgan fingerprint density at radius 3 is 2.68 bits per heavy atom. The number of rotatable bonds is 6. The van der Waals surface area contributed by atoms with Crippen LogP contribution in [0.25, 0.3) is 0 Å². The van der Waals surface area contributed by atoms with Crippen molar-refractivity contribution < 1.29 is 14.6 Å². The highest BCUT2D eigenvalue weighted by molar-refractivity contribution is 8.14. The second kappa shape index (κ2) is 10.5.